The zero-order chi connectivity index (χ0) is 29.6. The number of sulfone groups is 1. The smallest absolute Gasteiger partial charge is 0.290 e. The van der Waals surface area contributed by atoms with Gasteiger partial charge in [0, 0.05) is 19.1 Å². The highest BCUT2D eigenvalue weighted by molar-refractivity contribution is 7.92. The Morgan fingerprint density at radius 1 is 0.825 bits per heavy atom. The molecule has 218 valence electrons. The third kappa shape index (κ3) is 7.63. The van der Waals surface area contributed by atoms with E-state index in [9.17, 15) is 12.6 Å². The van der Waals surface area contributed by atoms with Crippen molar-refractivity contribution in [3.05, 3.63) is 102 Å². The fourth-order valence-electron chi connectivity index (χ4n) is 4.60. The average Bonchev–Trinajstić information content (AvgIpc) is 2.93. The molecule has 0 fully saturated rings. The molecule has 0 aromatic heterocycles. The lowest BCUT2D eigenvalue weighted by atomic mass is 9.90. The molecule has 9 heteroatoms. The molecule has 0 saturated heterocycles. The highest BCUT2D eigenvalue weighted by atomic mass is 32.2. The van der Waals surface area contributed by atoms with E-state index in [1.54, 1.807) is 26.8 Å². The number of hydrogen-bond donors (Lipinski definition) is 1. The number of rotatable bonds is 13. The number of nitrogens with one attached hydrogen (secondary N) is 1. The summed E-state index contributed by atoms with van der Waals surface area (Å²) in [7, 11) is -7.13. The molecule has 3 aromatic carbocycles. The number of nitrogens with zero attached hydrogens (tertiary/aromatic N) is 1. The number of alkyl halides is 2. The van der Waals surface area contributed by atoms with Crippen LogP contribution in [0.4, 0.5) is 8.78 Å². The zero-order valence-electron chi connectivity index (χ0n) is 23.8. The highest BCUT2D eigenvalue weighted by Gasteiger charge is 2.58. The Bertz CT molecular complexity index is 1290. The predicted molar refractivity (Wildman–Crippen MR) is 159 cm³/mol. The van der Waals surface area contributed by atoms with Gasteiger partial charge in [-0.1, -0.05) is 99.1 Å². The fraction of sp³-hybridized carbons (Fsp3) is 0.419. The summed E-state index contributed by atoms with van der Waals surface area (Å²) in [6, 6.07) is 22.8. The van der Waals surface area contributed by atoms with Gasteiger partial charge in [0.15, 0.2) is 0 Å². The molecular formula is C31H40F2N2O3S2. The molecule has 0 spiro atoms. The third-order valence-corrected chi connectivity index (χ3v) is 10.5. The monoisotopic (exact) mass is 590 g/mol. The first-order chi connectivity index (χ1) is 18.8. The molecule has 0 bridgehead atoms. The molecule has 5 nitrogen and oxygen atoms in total. The molecule has 0 amide bonds. The van der Waals surface area contributed by atoms with Crippen LogP contribution >= 0.6 is 0 Å². The summed E-state index contributed by atoms with van der Waals surface area (Å²) < 4.78 is 75.6. The van der Waals surface area contributed by atoms with Crippen LogP contribution in [0, 0.1) is 5.92 Å². The fourth-order valence-corrected chi connectivity index (χ4v) is 6.91. The van der Waals surface area contributed by atoms with Crippen LogP contribution in [0.3, 0.4) is 0 Å². The van der Waals surface area contributed by atoms with E-state index in [2.05, 4.69) is 4.72 Å². The van der Waals surface area contributed by atoms with E-state index in [-0.39, 0.29) is 5.92 Å². The first-order valence-electron chi connectivity index (χ1n) is 13.5. The van der Waals surface area contributed by atoms with Gasteiger partial charge in [0.2, 0.25) is 9.84 Å². The summed E-state index contributed by atoms with van der Waals surface area (Å²) in [6.45, 7) is 9.33. The maximum Gasteiger partial charge on any atom is 0.367 e. The van der Waals surface area contributed by atoms with Gasteiger partial charge >= 0.3 is 5.25 Å². The number of benzene rings is 3. The lowest BCUT2D eigenvalue weighted by Crippen LogP contribution is -2.64. The molecule has 0 aliphatic carbocycles. The van der Waals surface area contributed by atoms with Gasteiger partial charge < -0.3 is 0 Å². The van der Waals surface area contributed by atoms with E-state index >= 15 is 8.78 Å². The maximum atomic E-state index is 16.7. The summed E-state index contributed by atoms with van der Waals surface area (Å²) in [5.41, 5.74) is 1.80. The van der Waals surface area contributed by atoms with Crippen LogP contribution in [0.5, 0.6) is 0 Å². The number of hydrogen-bond acceptors (Lipinski definition) is 4. The van der Waals surface area contributed by atoms with Crippen molar-refractivity contribution in [1.82, 2.24) is 9.62 Å². The first-order valence-corrected chi connectivity index (χ1v) is 16.1. The van der Waals surface area contributed by atoms with Gasteiger partial charge in [-0.2, -0.15) is 8.78 Å². The molecule has 0 saturated carbocycles. The molecule has 0 aliphatic rings. The van der Waals surface area contributed by atoms with Crippen molar-refractivity contribution in [2.24, 2.45) is 5.92 Å². The van der Waals surface area contributed by atoms with Gasteiger partial charge in [-0.3, -0.25) is 4.90 Å². The third-order valence-electron chi connectivity index (χ3n) is 7.01. The van der Waals surface area contributed by atoms with Gasteiger partial charge in [-0.15, -0.1) is 0 Å². The van der Waals surface area contributed by atoms with Crippen LogP contribution in [-0.2, 0) is 33.9 Å². The Kier molecular flexibility index (Phi) is 10.8. The quantitative estimate of drug-likeness (QED) is 0.244. The van der Waals surface area contributed by atoms with Gasteiger partial charge in [-0.05, 0) is 49.9 Å². The van der Waals surface area contributed by atoms with Crippen LogP contribution < -0.4 is 4.72 Å². The van der Waals surface area contributed by atoms with Gasteiger partial charge in [0.05, 0.1) is 20.6 Å². The van der Waals surface area contributed by atoms with Crippen LogP contribution in [0.25, 0.3) is 0 Å². The van der Waals surface area contributed by atoms with Crippen molar-refractivity contribution >= 4 is 20.8 Å². The molecule has 0 heterocycles. The highest BCUT2D eigenvalue weighted by Crippen LogP contribution is 2.38. The largest absolute Gasteiger partial charge is 0.367 e. The van der Waals surface area contributed by atoms with Gasteiger partial charge in [0.1, 0.15) is 6.04 Å². The average molecular weight is 591 g/mol. The van der Waals surface area contributed by atoms with E-state index in [4.69, 9.17) is 0 Å². The van der Waals surface area contributed by atoms with Crippen LogP contribution in [-0.4, -0.2) is 39.6 Å². The van der Waals surface area contributed by atoms with E-state index < -0.39 is 47.8 Å². The molecule has 0 aliphatic heterocycles. The predicted octanol–water partition coefficient (Wildman–Crippen LogP) is 6.59. The van der Waals surface area contributed by atoms with Gasteiger partial charge in [0.25, 0.3) is 0 Å². The summed E-state index contributed by atoms with van der Waals surface area (Å²) in [6.07, 6.45) is 0.506. The molecule has 1 unspecified atom stereocenters. The second kappa shape index (κ2) is 13.5. The molecule has 4 atom stereocenters. The van der Waals surface area contributed by atoms with Crippen molar-refractivity contribution in [3.63, 3.8) is 0 Å². The topological polar surface area (TPSA) is 66.5 Å². The van der Waals surface area contributed by atoms with Crippen LogP contribution in [0.15, 0.2) is 95.9 Å². The summed E-state index contributed by atoms with van der Waals surface area (Å²) in [5, 5.41) is -4.28. The SMILES string of the molecule is CCC(C)[C@@H]([C@H](N[S@](=O)C(C)(C)C)C(F)(F)S(=O)(=O)c1ccccc1)N(Cc1ccccc1)Cc1ccccc1. The minimum Gasteiger partial charge on any atom is -0.290 e. The molecular weight excluding hydrogens is 550 g/mol. The first kappa shape index (κ1) is 32.1. The molecule has 40 heavy (non-hydrogen) atoms. The van der Waals surface area contributed by atoms with Crippen molar-refractivity contribution in [1.29, 1.82) is 0 Å². The van der Waals surface area contributed by atoms with Gasteiger partial charge in [-0.25, -0.2) is 17.3 Å². The number of halogens is 2. The minimum absolute atomic E-state index is 0.298. The van der Waals surface area contributed by atoms with Crippen LogP contribution in [0.2, 0.25) is 0 Å². The normalized spacial score (nSPS) is 15.9. The molecule has 3 aromatic rings. The van der Waals surface area contributed by atoms with E-state index in [0.29, 0.717) is 19.5 Å². The second-order valence-corrected chi connectivity index (χ2v) is 15.1. The summed E-state index contributed by atoms with van der Waals surface area (Å²) >= 11 is 0. The Labute approximate surface area is 240 Å². The van der Waals surface area contributed by atoms with Crippen molar-refractivity contribution in [2.75, 3.05) is 0 Å². The van der Waals surface area contributed by atoms with E-state index in [1.807, 2.05) is 79.4 Å². The van der Waals surface area contributed by atoms with Crippen LogP contribution in [0.1, 0.15) is 52.2 Å². The van der Waals surface area contributed by atoms with Crippen molar-refractivity contribution < 1.29 is 21.4 Å². The standard InChI is InChI=1S/C31H40F2N2O3S2/c1-6-24(2)28(35(22-25-16-10-7-11-17-25)23-26-18-12-8-13-19-26)29(34-39(36)30(3,4)5)31(32,33)40(37,38)27-20-14-9-15-21-27/h7-21,24,28-29,34H,6,22-23H2,1-5H3/t24?,28-,29-,39+/m0/s1. The van der Waals surface area contributed by atoms with E-state index in [0.717, 1.165) is 11.1 Å². The Balaban J connectivity index is 2.22. The molecule has 0 radical (unpaired) electrons. The van der Waals surface area contributed by atoms with Crippen molar-refractivity contribution in [2.45, 2.75) is 81.1 Å². The molecule has 1 N–H and O–H groups in total. The summed E-state index contributed by atoms with van der Waals surface area (Å²) in [5.74, 6) is -0.376. The Morgan fingerprint density at radius 2 is 1.25 bits per heavy atom. The lowest BCUT2D eigenvalue weighted by molar-refractivity contribution is -0.0106. The second-order valence-electron chi connectivity index (χ2n) is 11.1. The maximum absolute atomic E-state index is 16.7. The summed E-state index contributed by atoms with van der Waals surface area (Å²) in [4.78, 5) is 1.42. The Hall–Kier alpha value is -2.46. The zero-order valence-corrected chi connectivity index (χ0v) is 25.4. The lowest BCUT2D eigenvalue weighted by Gasteiger charge is -2.43. The van der Waals surface area contributed by atoms with E-state index in [1.165, 1.54) is 24.3 Å². The Morgan fingerprint density at radius 3 is 1.65 bits per heavy atom. The van der Waals surface area contributed by atoms with Crippen molar-refractivity contribution in [3.8, 4) is 0 Å². The minimum atomic E-state index is -5.15. The molecule has 3 rings (SSSR count).